The molecule has 26 heavy (non-hydrogen) atoms. The highest BCUT2D eigenvalue weighted by Gasteiger charge is 2.17. The van der Waals surface area contributed by atoms with Gasteiger partial charge in [-0.2, -0.15) is 0 Å². The number of rotatable bonds is 8. The number of carboxylic acid groups (broad SMARTS) is 1. The Hall–Kier alpha value is -2.82. The van der Waals surface area contributed by atoms with Crippen molar-refractivity contribution in [2.45, 2.75) is 39.7 Å². The SMILES string of the molecule is CCCOc1ccc([C@H](CC(=O)[O-])NC(=O)c2ccc(C)c(C)c2)cc1. The van der Waals surface area contributed by atoms with Gasteiger partial charge >= 0.3 is 0 Å². The minimum absolute atomic E-state index is 0.300. The fraction of sp³-hybridized carbons (Fsp3) is 0.333. The van der Waals surface area contributed by atoms with Gasteiger partial charge < -0.3 is 20.0 Å². The Labute approximate surface area is 154 Å². The molecule has 0 saturated heterocycles. The second-order valence-corrected chi connectivity index (χ2v) is 6.32. The summed E-state index contributed by atoms with van der Waals surface area (Å²) >= 11 is 0. The van der Waals surface area contributed by atoms with Gasteiger partial charge in [0, 0.05) is 18.0 Å². The van der Waals surface area contributed by atoms with E-state index >= 15 is 0 Å². The van der Waals surface area contributed by atoms with Crippen molar-refractivity contribution in [2.24, 2.45) is 0 Å². The molecule has 1 atom stereocenters. The molecule has 0 radical (unpaired) electrons. The van der Waals surface area contributed by atoms with Crippen molar-refractivity contribution in [3.63, 3.8) is 0 Å². The molecule has 5 heteroatoms. The molecular formula is C21H24NO4-. The third-order valence-electron chi connectivity index (χ3n) is 4.20. The van der Waals surface area contributed by atoms with Gasteiger partial charge in [-0.05, 0) is 61.2 Å². The highest BCUT2D eigenvalue weighted by molar-refractivity contribution is 5.95. The van der Waals surface area contributed by atoms with Crippen LogP contribution in [0, 0.1) is 13.8 Å². The van der Waals surface area contributed by atoms with Crippen LogP contribution in [0.5, 0.6) is 5.75 Å². The molecule has 1 N–H and O–H groups in total. The minimum atomic E-state index is -1.22. The van der Waals surface area contributed by atoms with E-state index in [-0.39, 0.29) is 12.3 Å². The van der Waals surface area contributed by atoms with E-state index in [1.165, 1.54) is 0 Å². The van der Waals surface area contributed by atoms with Gasteiger partial charge in [0.25, 0.3) is 5.91 Å². The number of amides is 1. The number of carbonyl (C=O) groups excluding carboxylic acids is 2. The van der Waals surface area contributed by atoms with E-state index in [2.05, 4.69) is 5.32 Å². The lowest BCUT2D eigenvalue weighted by Crippen LogP contribution is -2.34. The predicted octanol–water partition coefficient (Wildman–Crippen LogP) is 2.70. The lowest BCUT2D eigenvalue weighted by Gasteiger charge is -2.20. The minimum Gasteiger partial charge on any atom is -0.550 e. The molecule has 0 aliphatic rings. The normalized spacial score (nSPS) is 11.7. The lowest BCUT2D eigenvalue weighted by atomic mass is 10.0. The summed E-state index contributed by atoms with van der Waals surface area (Å²) in [7, 11) is 0. The molecule has 0 heterocycles. The molecule has 0 saturated carbocycles. The van der Waals surface area contributed by atoms with Crippen molar-refractivity contribution >= 4 is 11.9 Å². The second kappa shape index (κ2) is 9.04. The maximum absolute atomic E-state index is 12.5. The van der Waals surface area contributed by atoms with Crippen molar-refractivity contribution in [2.75, 3.05) is 6.61 Å². The Morgan fingerprint density at radius 3 is 2.35 bits per heavy atom. The number of aliphatic carboxylic acids is 1. The fourth-order valence-corrected chi connectivity index (χ4v) is 2.56. The van der Waals surface area contributed by atoms with Crippen LogP contribution in [0.1, 0.15) is 52.9 Å². The van der Waals surface area contributed by atoms with E-state index in [1.54, 1.807) is 36.4 Å². The first-order chi connectivity index (χ1) is 12.4. The van der Waals surface area contributed by atoms with Gasteiger partial charge in [-0.1, -0.05) is 25.1 Å². The number of ether oxygens (including phenoxy) is 1. The lowest BCUT2D eigenvalue weighted by molar-refractivity contribution is -0.306. The van der Waals surface area contributed by atoms with Crippen LogP contribution in [0.4, 0.5) is 0 Å². The predicted molar refractivity (Wildman–Crippen MR) is 98.0 cm³/mol. The highest BCUT2D eigenvalue weighted by Crippen LogP contribution is 2.21. The Morgan fingerprint density at radius 1 is 1.08 bits per heavy atom. The maximum Gasteiger partial charge on any atom is 0.251 e. The summed E-state index contributed by atoms with van der Waals surface area (Å²) in [5.74, 6) is -0.823. The van der Waals surface area contributed by atoms with E-state index in [9.17, 15) is 14.7 Å². The van der Waals surface area contributed by atoms with Gasteiger partial charge in [0.1, 0.15) is 5.75 Å². The molecule has 2 aromatic carbocycles. The maximum atomic E-state index is 12.5. The zero-order chi connectivity index (χ0) is 19.1. The summed E-state index contributed by atoms with van der Waals surface area (Å²) < 4.78 is 5.53. The quantitative estimate of drug-likeness (QED) is 0.790. The number of hydrogen-bond acceptors (Lipinski definition) is 4. The van der Waals surface area contributed by atoms with Crippen LogP contribution in [-0.2, 0) is 4.79 Å². The average Bonchev–Trinajstić information content (AvgIpc) is 2.61. The number of nitrogens with one attached hydrogen (secondary N) is 1. The van der Waals surface area contributed by atoms with Crippen LogP contribution in [0.2, 0.25) is 0 Å². The third kappa shape index (κ3) is 5.34. The van der Waals surface area contributed by atoms with Crippen molar-refractivity contribution in [1.29, 1.82) is 0 Å². The third-order valence-corrected chi connectivity index (χ3v) is 4.20. The molecule has 0 fully saturated rings. The molecule has 1 amide bonds. The largest absolute Gasteiger partial charge is 0.550 e. The molecule has 0 bridgehead atoms. The molecule has 0 aliphatic heterocycles. The fourth-order valence-electron chi connectivity index (χ4n) is 2.56. The standard InChI is InChI=1S/C21H25NO4/c1-4-11-26-18-9-7-16(8-10-18)19(13-20(23)24)22-21(25)17-6-5-14(2)15(3)12-17/h5-10,12,19H,4,11,13H2,1-3H3,(H,22,25)(H,23,24)/p-1/t19-/m0/s1. The van der Waals surface area contributed by atoms with Gasteiger partial charge in [-0.25, -0.2) is 0 Å². The molecule has 0 spiro atoms. The summed E-state index contributed by atoms with van der Waals surface area (Å²) in [5, 5.41) is 13.9. The summed E-state index contributed by atoms with van der Waals surface area (Å²) in [4.78, 5) is 23.7. The van der Waals surface area contributed by atoms with Crippen molar-refractivity contribution in [3.8, 4) is 5.75 Å². The van der Waals surface area contributed by atoms with Crippen LogP contribution < -0.4 is 15.2 Å². The van der Waals surface area contributed by atoms with E-state index < -0.39 is 12.0 Å². The molecular weight excluding hydrogens is 330 g/mol. The zero-order valence-corrected chi connectivity index (χ0v) is 15.4. The van der Waals surface area contributed by atoms with Gasteiger partial charge in [-0.15, -0.1) is 0 Å². The first kappa shape index (κ1) is 19.5. The molecule has 5 nitrogen and oxygen atoms in total. The number of hydrogen-bond donors (Lipinski definition) is 1. The van der Waals surface area contributed by atoms with Crippen molar-refractivity contribution in [1.82, 2.24) is 5.32 Å². The number of benzene rings is 2. The van der Waals surface area contributed by atoms with Crippen LogP contribution in [0.3, 0.4) is 0 Å². The Kier molecular flexibility index (Phi) is 6.78. The first-order valence-electron chi connectivity index (χ1n) is 8.71. The number of aryl methyl sites for hydroxylation is 2. The van der Waals surface area contributed by atoms with Crippen LogP contribution in [-0.4, -0.2) is 18.5 Å². The Bertz CT molecular complexity index is 768. The number of carboxylic acids is 1. The van der Waals surface area contributed by atoms with Crippen LogP contribution in [0.15, 0.2) is 42.5 Å². The van der Waals surface area contributed by atoms with Crippen molar-refractivity contribution < 1.29 is 19.4 Å². The van der Waals surface area contributed by atoms with Gasteiger partial charge in [-0.3, -0.25) is 4.79 Å². The van der Waals surface area contributed by atoms with Gasteiger partial charge in [0.05, 0.1) is 12.6 Å². The number of carbonyl (C=O) groups is 2. The summed E-state index contributed by atoms with van der Waals surface area (Å²) in [6.07, 6.45) is 0.604. The Balaban J connectivity index is 2.17. The topological polar surface area (TPSA) is 78.5 Å². The van der Waals surface area contributed by atoms with Crippen molar-refractivity contribution in [3.05, 3.63) is 64.7 Å². The zero-order valence-electron chi connectivity index (χ0n) is 15.4. The highest BCUT2D eigenvalue weighted by atomic mass is 16.5. The molecule has 0 unspecified atom stereocenters. The van der Waals surface area contributed by atoms with E-state index in [0.29, 0.717) is 23.5 Å². The molecule has 2 rings (SSSR count). The van der Waals surface area contributed by atoms with Crippen LogP contribution in [0.25, 0.3) is 0 Å². The average molecular weight is 354 g/mol. The van der Waals surface area contributed by atoms with E-state index in [4.69, 9.17) is 4.74 Å². The molecule has 0 aliphatic carbocycles. The molecule has 2 aromatic rings. The monoisotopic (exact) mass is 354 g/mol. The molecule has 138 valence electrons. The van der Waals surface area contributed by atoms with Crippen LogP contribution >= 0.6 is 0 Å². The van der Waals surface area contributed by atoms with Gasteiger partial charge in [0.2, 0.25) is 0 Å². The summed E-state index contributed by atoms with van der Waals surface area (Å²) in [6.45, 7) is 6.54. The smallest absolute Gasteiger partial charge is 0.251 e. The van der Waals surface area contributed by atoms with Gasteiger partial charge in [0.15, 0.2) is 0 Å². The summed E-state index contributed by atoms with van der Waals surface area (Å²) in [6, 6.07) is 11.8. The Morgan fingerprint density at radius 2 is 1.77 bits per heavy atom. The van der Waals surface area contributed by atoms with E-state index in [1.807, 2.05) is 26.8 Å². The van der Waals surface area contributed by atoms with E-state index in [0.717, 1.165) is 17.5 Å². The second-order valence-electron chi connectivity index (χ2n) is 6.32. The summed E-state index contributed by atoms with van der Waals surface area (Å²) in [5.41, 5.74) is 3.29. The first-order valence-corrected chi connectivity index (χ1v) is 8.71. The molecule has 0 aromatic heterocycles.